The number of carbonyl (C=O) groups excluding carboxylic acids is 2. The number of benzene rings is 1. The summed E-state index contributed by atoms with van der Waals surface area (Å²) in [5.74, 6) is 0.435. The minimum atomic E-state index is -0.948. The van der Waals surface area contributed by atoms with Crippen molar-refractivity contribution in [1.29, 1.82) is 0 Å². The molecule has 1 saturated carbocycles. The van der Waals surface area contributed by atoms with Crippen molar-refractivity contribution < 1.29 is 14.3 Å². The molecule has 1 aromatic carbocycles. The molecule has 3 aromatic rings. The fraction of sp³-hybridized carbons (Fsp3) is 0.519. The van der Waals surface area contributed by atoms with E-state index in [2.05, 4.69) is 41.2 Å². The Morgan fingerprint density at radius 2 is 1.88 bits per heavy atom. The summed E-state index contributed by atoms with van der Waals surface area (Å²) in [6.45, 7) is 4.41. The van der Waals surface area contributed by atoms with Gasteiger partial charge >= 0.3 is 5.97 Å². The Morgan fingerprint density at radius 1 is 1.15 bits per heavy atom. The molecule has 0 spiro atoms. The lowest BCUT2D eigenvalue weighted by Crippen LogP contribution is -2.54. The van der Waals surface area contributed by atoms with Gasteiger partial charge in [-0.1, -0.05) is 45.6 Å². The van der Waals surface area contributed by atoms with Crippen LogP contribution in [0.4, 0.5) is 0 Å². The molecule has 6 nitrogen and oxygen atoms in total. The number of fused-ring (bicyclic) bond motifs is 1. The third-order valence-electron chi connectivity index (χ3n) is 7.13. The summed E-state index contributed by atoms with van der Waals surface area (Å²) in [6, 6.07) is 10.3. The molecule has 182 valence electrons. The third kappa shape index (κ3) is 4.90. The number of hydrogen-bond acceptors (Lipinski definition) is 5. The molecule has 1 aliphatic carbocycles. The Balaban J connectivity index is 1.68. The lowest BCUT2D eigenvalue weighted by atomic mass is 9.89. The minimum Gasteiger partial charge on any atom is -0.467 e. The number of nitrogens with one attached hydrogen (secondary N) is 1. The van der Waals surface area contributed by atoms with E-state index in [-0.39, 0.29) is 11.9 Å². The average molecular weight is 482 g/mol. The first kappa shape index (κ1) is 24.5. The van der Waals surface area contributed by atoms with Gasteiger partial charge in [-0.05, 0) is 55.3 Å². The van der Waals surface area contributed by atoms with E-state index >= 15 is 0 Å². The number of imidazole rings is 1. The maximum absolute atomic E-state index is 13.3. The van der Waals surface area contributed by atoms with Crippen molar-refractivity contribution >= 4 is 34.2 Å². The zero-order valence-corrected chi connectivity index (χ0v) is 21.2. The Kier molecular flexibility index (Phi) is 7.71. The number of carbonyl (C=O) groups is 2. The van der Waals surface area contributed by atoms with E-state index < -0.39 is 5.54 Å². The Morgan fingerprint density at radius 3 is 2.50 bits per heavy atom. The van der Waals surface area contributed by atoms with Crippen LogP contribution in [-0.4, -0.2) is 34.1 Å². The van der Waals surface area contributed by atoms with Crippen LogP contribution in [0, 0.1) is 0 Å². The number of aromatic nitrogens is 2. The molecule has 0 atom stereocenters. The minimum absolute atomic E-state index is 0.244. The molecular weight excluding hydrogens is 446 g/mol. The van der Waals surface area contributed by atoms with Crippen LogP contribution in [0.15, 0.2) is 35.7 Å². The van der Waals surface area contributed by atoms with Crippen molar-refractivity contribution in [2.45, 2.75) is 83.2 Å². The van der Waals surface area contributed by atoms with E-state index in [1.54, 1.807) is 11.3 Å². The monoisotopic (exact) mass is 481 g/mol. The second-order valence-electron chi connectivity index (χ2n) is 9.27. The SMILES string of the molecule is CCC(CC)n1c(Cc2cccs2)nc2cc(C(=O)NC3(C(=O)OC)CCCCCC3)ccc21. The van der Waals surface area contributed by atoms with E-state index in [9.17, 15) is 9.59 Å². The van der Waals surface area contributed by atoms with Crippen molar-refractivity contribution in [3.8, 4) is 0 Å². The number of ether oxygens (including phenoxy) is 1. The Hall–Kier alpha value is -2.67. The van der Waals surface area contributed by atoms with Gasteiger partial charge in [0, 0.05) is 22.9 Å². The normalized spacial score (nSPS) is 15.9. The fourth-order valence-corrected chi connectivity index (χ4v) is 5.94. The molecule has 1 amide bonds. The van der Waals surface area contributed by atoms with Gasteiger partial charge in [-0.25, -0.2) is 9.78 Å². The molecule has 7 heteroatoms. The number of amides is 1. The average Bonchev–Trinajstić information content (AvgIpc) is 3.41. The van der Waals surface area contributed by atoms with E-state index in [4.69, 9.17) is 9.72 Å². The molecule has 0 saturated heterocycles. The molecule has 4 rings (SSSR count). The summed E-state index contributed by atoms with van der Waals surface area (Å²) in [5.41, 5.74) is 1.45. The van der Waals surface area contributed by atoms with Crippen LogP contribution >= 0.6 is 11.3 Å². The summed E-state index contributed by atoms with van der Waals surface area (Å²) in [4.78, 5) is 32.3. The lowest BCUT2D eigenvalue weighted by Gasteiger charge is -2.30. The van der Waals surface area contributed by atoms with Gasteiger partial charge in [0.25, 0.3) is 5.91 Å². The van der Waals surface area contributed by atoms with Crippen molar-refractivity contribution in [3.05, 3.63) is 52.0 Å². The van der Waals surface area contributed by atoms with Crippen LogP contribution in [0.3, 0.4) is 0 Å². The Bertz CT molecular complexity index is 1120. The van der Waals surface area contributed by atoms with Crippen molar-refractivity contribution in [2.24, 2.45) is 0 Å². The van der Waals surface area contributed by atoms with Crippen molar-refractivity contribution in [1.82, 2.24) is 14.9 Å². The van der Waals surface area contributed by atoms with Crippen molar-refractivity contribution in [3.63, 3.8) is 0 Å². The summed E-state index contributed by atoms with van der Waals surface area (Å²) in [5, 5.41) is 5.15. The predicted octanol–water partition coefficient (Wildman–Crippen LogP) is 6.05. The summed E-state index contributed by atoms with van der Waals surface area (Å²) < 4.78 is 7.45. The van der Waals surface area contributed by atoms with Crippen LogP contribution in [0.5, 0.6) is 0 Å². The summed E-state index contributed by atoms with van der Waals surface area (Å²) >= 11 is 1.74. The number of thiophene rings is 1. The van der Waals surface area contributed by atoms with Gasteiger partial charge in [-0.3, -0.25) is 4.79 Å². The highest BCUT2D eigenvalue weighted by Gasteiger charge is 2.41. The molecular formula is C27H35N3O3S. The molecule has 2 heterocycles. The number of methoxy groups -OCH3 is 1. The molecule has 0 aliphatic heterocycles. The quantitative estimate of drug-likeness (QED) is 0.314. The van der Waals surface area contributed by atoms with Gasteiger partial charge in [0.15, 0.2) is 0 Å². The van der Waals surface area contributed by atoms with Gasteiger partial charge in [-0.15, -0.1) is 11.3 Å². The Labute approximate surface area is 205 Å². The number of esters is 1. The van der Waals surface area contributed by atoms with Gasteiger partial charge in [0.1, 0.15) is 11.4 Å². The first-order valence-corrected chi connectivity index (χ1v) is 13.3. The maximum atomic E-state index is 13.3. The lowest BCUT2D eigenvalue weighted by molar-refractivity contribution is -0.148. The molecule has 2 aromatic heterocycles. The van der Waals surface area contributed by atoms with Gasteiger partial charge in [-0.2, -0.15) is 0 Å². The number of rotatable bonds is 8. The zero-order chi connectivity index (χ0) is 24.1. The van der Waals surface area contributed by atoms with E-state index in [1.807, 2.05) is 18.2 Å². The largest absolute Gasteiger partial charge is 0.467 e. The smallest absolute Gasteiger partial charge is 0.331 e. The number of hydrogen-bond donors (Lipinski definition) is 1. The van der Waals surface area contributed by atoms with Gasteiger partial charge in [0.2, 0.25) is 0 Å². The van der Waals surface area contributed by atoms with E-state index in [0.717, 1.165) is 61.8 Å². The topological polar surface area (TPSA) is 73.2 Å². The molecule has 1 fully saturated rings. The second kappa shape index (κ2) is 10.7. The van der Waals surface area contributed by atoms with Crippen LogP contribution in [0.2, 0.25) is 0 Å². The molecule has 0 bridgehead atoms. The highest BCUT2D eigenvalue weighted by atomic mass is 32.1. The van der Waals surface area contributed by atoms with Crippen LogP contribution in [-0.2, 0) is 16.0 Å². The van der Waals surface area contributed by atoms with Gasteiger partial charge < -0.3 is 14.6 Å². The zero-order valence-electron chi connectivity index (χ0n) is 20.4. The first-order valence-electron chi connectivity index (χ1n) is 12.5. The molecule has 34 heavy (non-hydrogen) atoms. The highest BCUT2D eigenvalue weighted by Crippen LogP contribution is 2.31. The molecule has 1 N–H and O–H groups in total. The van der Waals surface area contributed by atoms with Crippen LogP contribution in [0.1, 0.15) is 92.3 Å². The predicted molar refractivity (Wildman–Crippen MR) is 136 cm³/mol. The summed E-state index contributed by atoms with van der Waals surface area (Å²) in [7, 11) is 1.40. The van der Waals surface area contributed by atoms with Crippen molar-refractivity contribution in [2.75, 3.05) is 7.11 Å². The van der Waals surface area contributed by atoms with E-state index in [0.29, 0.717) is 24.4 Å². The molecule has 0 radical (unpaired) electrons. The first-order chi connectivity index (χ1) is 16.5. The third-order valence-corrected chi connectivity index (χ3v) is 8.01. The molecule has 0 unspecified atom stereocenters. The molecule has 1 aliphatic rings. The maximum Gasteiger partial charge on any atom is 0.331 e. The van der Waals surface area contributed by atoms with Crippen LogP contribution in [0.25, 0.3) is 11.0 Å². The highest BCUT2D eigenvalue weighted by molar-refractivity contribution is 7.09. The van der Waals surface area contributed by atoms with Crippen LogP contribution < -0.4 is 5.32 Å². The fourth-order valence-electron chi connectivity index (χ4n) is 5.24. The summed E-state index contributed by atoms with van der Waals surface area (Å²) in [6.07, 6.45) is 7.98. The number of nitrogens with zero attached hydrogens (tertiary/aromatic N) is 2. The standard InChI is InChI=1S/C27H35N3O3S/c1-4-20(5-2)30-23-13-12-19(17-22(23)28-24(30)18-21-11-10-16-34-21)25(31)29-27(26(32)33-3)14-8-6-7-9-15-27/h10-13,16-17,20H,4-9,14-15,18H2,1-3H3,(H,29,31). The van der Waals surface area contributed by atoms with E-state index in [1.165, 1.54) is 12.0 Å². The second-order valence-corrected chi connectivity index (χ2v) is 10.3. The van der Waals surface area contributed by atoms with Gasteiger partial charge in [0.05, 0.1) is 18.1 Å².